The monoisotopic (exact) mass is 237 g/mol. The molecule has 1 fully saturated rings. The molecule has 1 atom stereocenters. The van der Waals surface area contributed by atoms with E-state index in [4.69, 9.17) is 0 Å². The first-order valence-electron chi connectivity index (χ1n) is 5.31. The molecule has 2 N–H and O–H groups in total. The predicted octanol–water partition coefficient (Wildman–Crippen LogP) is 1.03. The number of pyridine rings is 1. The van der Waals surface area contributed by atoms with Crippen molar-refractivity contribution in [2.24, 2.45) is 0 Å². The number of nitrogens with zero attached hydrogens (tertiary/aromatic N) is 1. The van der Waals surface area contributed by atoms with Gasteiger partial charge in [0.25, 0.3) is 0 Å². The summed E-state index contributed by atoms with van der Waals surface area (Å²) < 4.78 is 0. The van der Waals surface area contributed by atoms with Crippen molar-refractivity contribution in [3.8, 4) is 0 Å². The molecule has 1 aromatic rings. The molecule has 1 aromatic heterocycles. The number of anilines is 1. The lowest BCUT2D eigenvalue weighted by Gasteiger charge is -2.21. The van der Waals surface area contributed by atoms with Gasteiger partial charge in [-0.3, -0.25) is 4.79 Å². The zero-order valence-corrected chi connectivity index (χ0v) is 10.0. The summed E-state index contributed by atoms with van der Waals surface area (Å²) in [5.74, 6) is 2.54. The number of aryl methyl sites for hydroxylation is 1. The fraction of sp³-hybridized carbons (Fsp3) is 0.455. The first-order valence-corrected chi connectivity index (χ1v) is 6.47. The van der Waals surface area contributed by atoms with Crippen molar-refractivity contribution in [1.29, 1.82) is 0 Å². The van der Waals surface area contributed by atoms with Gasteiger partial charge in [0.1, 0.15) is 5.82 Å². The van der Waals surface area contributed by atoms with E-state index in [1.54, 1.807) is 17.8 Å². The van der Waals surface area contributed by atoms with Gasteiger partial charge in [-0.2, -0.15) is 11.8 Å². The summed E-state index contributed by atoms with van der Waals surface area (Å²) in [7, 11) is 0. The van der Waals surface area contributed by atoms with E-state index in [2.05, 4.69) is 15.6 Å². The van der Waals surface area contributed by atoms with Crippen LogP contribution in [0.1, 0.15) is 5.69 Å². The van der Waals surface area contributed by atoms with Gasteiger partial charge in [-0.1, -0.05) is 6.07 Å². The Morgan fingerprint density at radius 2 is 2.50 bits per heavy atom. The summed E-state index contributed by atoms with van der Waals surface area (Å²) >= 11 is 1.80. The van der Waals surface area contributed by atoms with Crippen LogP contribution in [-0.2, 0) is 4.79 Å². The highest BCUT2D eigenvalue weighted by Crippen LogP contribution is 2.10. The molecule has 86 valence electrons. The molecule has 0 aliphatic carbocycles. The van der Waals surface area contributed by atoms with Crippen LogP contribution in [-0.4, -0.2) is 35.0 Å². The molecule has 1 unspecified atom stereocenters. The fourth-order valence-corrected chi connectivity index (χ4v) is 2.49. The highest BCUT2D eigenvalue weighted by atomic mass is 32.2. The molecule has 0 aromatic carbocycles. The van der Waals surface area contributed by atoms with Crippen LogP contribution in [0.15, 0.2) is 18.2 Å². The van der Waals surface area contributed by atoms with Crippen molar-refractivity contribution in [3.05, 3.63) is 23.9 Å². The van der Waals surface area contributed by atoms with Crippen LogP contribution in [0.2, 0.25) is 0 Å². The number of hydrogen-bond donors (Lipinski definition) is 2. The molecule has 2 heterocycles. The lowest BCUT2D eigenvalue weighted by molar-refractivity contribution is -0.117. The van der Waals surface area contributed by atoms with Gasteiger partial charge >= 0.3 is 0 Å². The fourth-order valence-electron chi connectivity index (χ4n) is 1.56. The van der Waals surface area contributed by atoms with Crippen LogP contribution in [0.4, 0.5) is 5.82 Å². The van der Waals surface area contributed by atoms with Crippen molar-refractivity contribution in [1.82, 2.24) is 10.3 Å². The Kier molecular flexibility index (Phi) is 3.79. The minimum Gasteiger partial charge on any atom is -0.309 e. The summed E-state index contributed by atoms with van der Waals surface area (Å²) in [4.78, 5) is 16.1. The lowest BCUT2D eigenvalue weighted by Crippen LogP contribution is -2.46. The Hall–Kier alpha value is -1.07. The maximum Gasteiger partial charge on any atom is 0.243 e. The third kappa shape index (κ3) is 2.96. The highest BCUT2D eigenvalue weighted by molar-refractivity contribution is 7.99. The quantitative estimate of drug-likeness (QED) is 0.807. The van der Waals surface area contributed by atoms with Gasteiger partial charge in [-0.15, -0.1) is 0 Å². The van der Waals surface area contributed by atoms with Gasteiger partial charge in [0.05, 0.1) is 6.04 Å². The van der Waals surface area contributed by atoms with E-state index in [0.717, 1.165) is 23.7 Å². The molecule has 5 heteroatoms. The van der Waals surface area contributed by atoms with Gasteiger partial charge in [-0.05, 0) is 19.1 Å². The first kappa shape index (κ1) is 11.4. The minimum absolute atomic E-state index is 0.00491. The van der Waals surface area contributed by atoms with Crippen molar-refractivity contribution >= 4 is 23.5 Å². The Labute approximate surface area is 99.2 Å². The van der Waals surface area contributed by atoms with E-state index in [1.807, 2.05) is 19.1 Å². The van der Waals surface area contributed by atoms with Crippen molar-refractivity contribution in [2.45, 2.75) is 13.0 Å². The van der Waals surface area contributed by atoms with Crippen LogP contribution < -0.4 is 10.6 Å². The Morgan fingerprint density at radius 3 is 3.19 bits per heavy atom. The van der Waals surface area contributed by atoms with Crippen LogP contribution >= 0.6 is 11.8 Å². The lowest BCUT2D eigenvalue weighted by atomic mass is 10.3. The highest BCUT2D eigenvalue weighted by Gasteiger charge is 2.20. The third-order valence-corrected chi connectivity index (χ3v) is 3.44. The van der Waals surface area contributed by atoms with E-state index < -0.39 is 0 Å². The molecule has 1 aliphatic rings. The molecule has 4 nitrogen and oxygen atoms in total. The number of amides is 1. The second-order valence-electron chi connectivity index (χ2n) is 3.74. The second-order valence-corrected chi connectivity index (χ2v) is 4.88. The molecule has 0 radical (unpaired) electrons. The van der Waals surface area contributed by atoms with Crippen LogP contribution in [0.3, 0.4) is 0 Å². The smallest absolute Gasteiger partial charge is 0.243 e. The number of nitrogens with one attached hydrogen (secondary N) is 2. The summed E-state index contributed by atoms with van der Waals surface area (Å²) in [5, 5.41) is 6.02. The Balaban J connectivity index is 1.96. The maximum absolute atomic E-state index is 11.9. The molecule has 0 spiro atoms. The minimum atomic E-state index is -0.0962. The summed E-state index contributed by atoms with van der Waals surface area (Å²) in [6.45, 7) is 2.80. The van der Waals surface area contributed by atoms with Crippen molar-refractivity contribution in [2.75, 3.05) is 23.4 Å². The average molecular weight is 237 g/mol. The van der Waals surface area contributed by atoms with Gasteiger partial charge in [0, 0.05) is 23.7 Å². The zero-order valence-electron chi connectivity index (χ0n) is 9.19. The number of rotatable bonds is 2. The molecule has 16 heavy (non-hydrogen) atoms. The standard InChI is InChI=1S/C11H15N3OS/c1-8-3-2-4-10(13-8)14-11(15)9-7-16-6-5-12-9/h2-4,9,12H,5-7H2,1H3,(H,13,14,15). The van der Waals surface area contributed by atoms with E-state index in [0.29, 0.717) is 5.82 Å². The van der Waals surface area contributed by atoms with E-state index in [-0.39, 0.29) is 11.9 Å². The van der Waals surface area contributed by atoms with Gasteiger partial charge < -0.3 is 10.6 Å². The predicted molar refractivity (Wildman–Crippen MR) is 66.7 cm³/mol. The first-order chi connectivity index (χ1) is 7.75. The molecule has 1 saturated heterocycles. The van der Waals surface area contributed by atoms with Gasteiger partial charge in [0.2, 0.25) is 5.91 Å². The summed E-state index contributed by atoms with van der Waals surface area (Å²) in [6.07, 6.45) is 0. The van der Waals surface area contributed by atoms with E-state index >= 15 is 0 Å². The molecule has 1 amide bonds. The second kappa shape index (κ2) is 5.32. The van der Waals surface area contributed by atoms with Crippen LogP contribution in [0.5, 0.6) is 0 Å². The van der Waals surface area contributed by atoms with Gasteiger partial charge in [0.15, 0.2) is 0 Å². The normalized spacial score (nSPS) is 20.4. The number of thioether (sulfide) groups is 1. The van der Waals surface area contributed by atoms with Gasteiger partial charge in [-0.25, -0.2) is 4.98 Å². The number of carbonyl (C=O) groups is 1. The topological polar surface area (TPSA) is 54.0 Å². The van der Waals surface area contributed by atoms with Crippen LogP contribution in [0, 0.1) is 6.92 Å². The van der Waals surface area contributed by atoms with E-state index in [9.17, 15) is 4.79 Å². The van der Waals surface area contributed by atoms with Crippen molar-refractivity contribution < 1.29 is 4.79 Å². The molecule has 2 rings (SSSR count). The molecule has 0 saturated carbocycles. The zero-order chi connectivity index (χ0) is 11.4. The maximum atomic E-state index is 11.9. The van der Waals surface area contributed by atoms with E-state index in [1.165, 1.54) is 0 Å². The molecular weight excluding hydrogens is 222 g/mol. The average Bonchev–Trinajstić information content (AvgIpc) is 2.30. The summed E-state index contributed by atoms with van der Waals surface area (Å²) in [6, 6.07) is 5.51. The molecular formula is C11H15N3OS. The number of aromatic nitrogens is 1. The SMILES string of the molecule is Cc1cccc(NC(=O)C2CSCCN2)n1. The van der Waals surface area contributed by atoms with Crippen LogP contribution in [0.25, 0.3) is 0 Å². The third-order valence-electron chi connectivity index (χ3n) is 2.38. The largest absolute Gasteiger partial charge is 0.309 e. The van der Waals surface area contributed by atoms with Crippen molar-refractivity contribution in [3.63, 3.8) is 0 Å². The Bertz CT molecular complexity index is 377. The summed E-state index contributed by atoms with van der Waals surface area (Å²) in [5.41, 5.74) is 0.906. The Morgan fingerprint density at radius 1 is 1.62 bits per heavy atom. The molecule has 1 aliphatic heterocycles. The number of carbonyl (C=O) groups excluding carboxylic acids is 1. The number of hydrogen-bond acceptors (Lipinski definition) is 4. The molecule has 0 bridgehead atoms.